The van der Waals surface area contributed by atoms with Crippen LogP contribution in [0.3, 0.4) is 0 Å². The summed E-state index contributed by atoms with van der Waals surface area (Å²) in [5, 5.41) is 3.54. The second-order valence-corrected chi connectivity index (χ2v) is 7.50. The molecule has 3 aromatic carbocycles. The second kappa shape index (κ2) is 9.10. The Morgan fingerprint density at radius 1 is 1.12 bits per heavy atom. The first-order chi connectivity index (χ1) is 15.5. The van der Waals surface area contributed by atoms with Crippen molar-refractivity contribution >= 4 is 28.1 Å². The van der Waals surface area contributed by atoms with Crippen LogP contribution in [0.25, 0.3) is 27.7 Å². The molecule has 1 aromatic heterocycles. The van der Waals surface area contributed by atoms with Gasteiger partial charge in [-0.1, -0.05) is 42.5 Å². The van der Waals surface area contributed by atoms with Crippen LogP contribution in [0.1, 0.15) is 25.0 Å². The fraction of sp³-hybridized carbons (Fsp3) is 0.148. The van der Waals surface area contributed by atoms with Gasteiger partial charge >= 0.3 is 0 Å². The van der Waals surface area contributed by atoms with Gasteiger partial charge in [0.2, 0.25) is 5.91 Å². The van der Waals surface area contributed by atoms with Crippen LogP contribution in [0.15, 0.2) is 77.4 Å². The summed E-state index contributed by atoms with van der Waals surface area (Å²) in [7, 11) is 0. The third kappa shape index (κ3) is 4.14. The minimum atomic E-state index is -0.481. The van der Waals surface area contributed by atoms with Gasteiger partial charge in [-0.15, -0.1) is 0 Å². The average molecular weight is 429 g/mol. The molecule has 4 nitrogen and oxygen atoms in total. The van der Waals surface area contributed by atoms with Crippen molar-refractivity contribution < 1.29 is 18.3 Å². The van der Waals surface area contributed by atoms with E-state index >= 15 is 0 Å². The Kier molecular flexibility index (Phi) is 6.08. The van der Waals surface area contributed by atoms with Gasteiger partial charge in [0.05, 0.1) is 18.6 Å². The zero-order chi connectivity index (χ0) is 22.7. The number of halogens is 1. The Balaban J connectivity index is 1.79. The van der Waals surface area contributed by atoms with Gasteiger partial charge in [0.25, 0.3) is 0 Å². The third-order valence-corrected chi connectivity index (χ3v) is 5.32. The molecule has 32 heavy (non-hydrogen) atoms. The highest BCUT2D eigenvalue weighted by Crippen LogP contribution is 2.40. The highest BCUT2D eigenvalue weighted by atomic mass is 19.1. The first-order valence-corrected chi connectivity index (χ1v) is 10.5. The second-order valence-electron chi connectivity index (χ2n) is 7.50. The highest BCUT2D eigenvalue weighted by molar-refractivity contribution is 6.06. The molecule has 0 fully saturated rings. The minimum absolute atomic E-state index is 0.138. The number of rotatable bonds is 6. The molecule has 1 heterocycles. The van der Waals surface area contributed by atoms with Crippen molar-refractivity contribution in [1.82, 2.24) is 0 Å². The van der Waals surface area contributed by atoms with Gasteiger partial charge < -0.3 is 14.5 Å². The van der Waals surface area contributed by atoms with E-state index < -0.39 is 11.7 Å². The number of ether oxygens (including phenoxy) is 1. The number of carbonyl (C=O) groups is 1. The maximum Gasteiger partial charge on any atom is 0.248 e. The fourth-order valence-electron chi connectivity index (χ4n) is 3.79. The van der Waals surface area contributed by atoms with Gasteiger partial charge in [0, 0.05) is 28.2 Å². The lowest BCUT2D eigenvalue weighted by Crippen LogP contribution is -2.10. The van der Waals surface area contributed by atoms with Gasteiger partial charge in [0.15, 0.2) is 0 Å². The van der Waals surface area contributed by atoms with Crippen molar-refractivity contribution in [2.45, 2.75) is 20.8 Å². The normalized spacial score (nSPS) is 11.6. The van der Waals surface area contributed by atoms with Gasteiger partial charge in [-0.25, -0.2) is 4.39 Å². The molecule has 5 heteroatoms. The number of aryl methyl sites for hydroxylation is 1. The number of allylic oxidation sites excluding steroid dienone is 1. The lowest BCUT2D eigenvalue weighted by atomic mass is 9.96. The molecule has 1 amide bonds. The number of hydrogen-bond acceptors (Lipinski definition) is 3. The summed E-state index contributed by atoms with van der Waals surface area (Å²) in [5.41, 5.74) is 5.26. The molecule has 4 rings (SSSR count). The number of amides is 1. The summed E-state index contributed by atoms with van der Waals surface area (Å²) in [5.74, 6) is -0.227. The Hall–Kier alpha value is -3.86. The molecule has 0 bridgehead atoms. The van der Waals surface area contributed by atoms with E-state index in [1.165, 1.54) is 18.2 Å². The predicted molar refractivity (Wildman–Crippen MR) is 126 cm³/mol. The topological polar surface area (TPSA) is 51.5 Å². The highest BCUT2D eigenvalue weighted by Gasteiger charge is 2.19. The number of carbonyl (C=O) groups excluding carboxylic acids is 1. The smallest absolute Gasteiger partial charge is 0.248 e. The lowest BCUT2D eigenvalue weighted by molar-refractivity contribution is -0.111. The first-order valence-electron chi connectivity index (χ1n) is 10.5. The summed E-state index contributed by atoms with van der Waals surface area (Å²) < 4.78 is 25.8. The number of hydrogen-bond donors (Lipinski definition) is 1. The van der Waals surface area contributed by atoms with E-state index in [4.69, 9.17) is 9.15 Å². The van der Waals surface area contributed by atoms with Crippen molar-refractivity contribution in [3.8, 4) is 16.9 Å². The molecule has 0 aliphatic heterocycles. The van der Waals surface area contributed by atoms with Crippen LogP contribution in [0.2, 0.25) is 0 Å². The van der Waals surface area contributed by atoms with Crippen molar-refractivity contribution in [3.05, 3.63) is 89.9 Å². The standard InChI is InChI=1S/C27H24FNO3/c1-4-31-26-18(3)27-21(22(16-32-27)19-10-6-5-7-11-19)15-20(26)17(2)14-25(30)29-24-13-9-8-12-23(24)28/h5-16H,4H2,1-3H3,(H,29,30)/b17-14+. The molecule has 0 aliphatic rings. The van der Waals surface area contributed by atoms with E-state index in [1.807, 2.05) is 57.2 Å². The Labute approximate surface area is 186 Å². The van der Waals surface area contributed by atoms with Crippen LogP contribution in [0, 0.1) is 12.7 Å². The number of benzene rings is 3. The average Bonchev–Trinajstić information content (AvgIpc) is 3.22. The molecule has 0 saturated heterocycles. The summed E-state index contributed by atoms with van der Waals surface area (Å²) >= 11 is 0. The maximum atomic E-state index is 13.9. The van der Waals surface area contributed by atoms with Crippen molar-refractivity contribution in [3.63, 3.8) is 0 Å². The zero-order valence-electron chi connectivity index (χ0n) is 18.2. The Bertz CT molecular complexity index is 1310. The van der Waals surface area contributed by atoms with E-state index in [1.54, 1.807) is 18.4 Å². The van der Waals surface area contributed by atoms with Crippen molar-refractivity contribution in [2.24, 2.45) is 0 Å². The fourth-order valence-corrected chi connectivity index (χ4v) is 3.79. The maximum absolute atomic E-state index is 13.9. The minimum Gasteiger partial charge on any atom is -0.493 e. The predicted octanol–water partition coefficient (Wildman–Crippen LogP) is 6.99. The number of nitrogens with one attached hydrogen (secondary N) is 1. The summed E-state index contributed by atoms with van der Waals surface area (Å²) in [6, 6.07) is 18.1. The first kappa shape index (κ1) is 21.4. The van der Waals surface area contributed by atoms with Crippen LogP contribution in [-0.4, -0.2) is 12.5 Å². The third-order valence-electron chi connectivity index (χ3n) is 5.32. The Morgan fingerprint density at radius 2 is 1.84 bits per heavy atom. The SMILES string of the molecule is CCOc1c(/C(C)=C/C(=O)Nc2ccccc2F)cc2c(-c3ccccc3)coc2c1C. The van der Waals surface area contributed by atoms with Gasteiger partial charge in [-0.2, -0.15) is 0 Å². The van der Waals surface area contributed by atoms with Gasteiger partial charge in [-0.3, -0.25) is 4.79 Å². The van der Waals surface area contributed by atoms with E-state index in [0.29, 0.717) is 17.9 Å². The molecule has 0 saturated carbocycles. The van der Waals surface area contributed by atoms with Crippen LogP contribution in [0.4, 0.5) is 10.1 Å². The molecule has 162 valence electrons. The monoisotopic (exact) mass is 429 g/mol. The lowest BCUT2D eigenvalue weighted by Gasteiger charge is -2.15. The van der Waals surface area contributed by atoms with Crippen LogP contribution < -0.4 is 10.1 Å². The van der Waals surface area contributed by atoms with E-state index in [2.05, 4.69) is 5.32 Å². The molecule has 0 unspecified atom stereocenters. The molecular formula is C27H24FNO3. The molecule has 0 atom stereocenters. The van der Waals surface area contributed by atoms with Crippen molar-refractivity contribution in [1.29, 1.82) is 0 Å². The summed E-state index contributed by atoms with van der Waals surface area (Å²) in [4.78, 5) is 12.6. The van der Waals surface area contributed by atoms with Gasteiger partial charge in [0.1, 0.15) is 17.1 Å². The molecule has 0 aliphatic carbocycles. The Morgan fingerprint density at radius 3 is 2.56 bits per heavy atom. The molecule has 0 spiro atoms. The molecule has 0 radical (unpaired) electrons. The number of furan rings is 1. The quantitative estimate of drug-likeness (QED) is 0.336. The summed E-state index contributed by atoms with van der Waals surface area (Å²) in [6.07, 6.45) is 3.20. The zero-order valence-corrected chi connectivity index (χ0v) is 18.2. The molecular weight excluding hydrogens is 405 g/mol. The number of fused-ring (bicyclic) bond motifs is 1. The van der Waals surface area contributed by atoms with Crippen LogP contribution in [0.5, 0.6) is 5.75 Å². The summed E-state index contributed by atoms with van der Waals surface area (Å²) in [6.45, 7) is 6.17. The number of anilines is 1. The number of para-hydroxylation sites is 1. The van der Waals surface area contributed by atoms with Gasteiger partial charge in [-0.05, 0) is 50.1 Å². The van der Waals surface area contributed by atoms with E-state index in [0.717, 1.165) is 33.2 Å². The van der Waals surface area contributed by atoms with Crippen LogP contribution >= 0.6 is 0 Å². The molecule has 4 aromatic rings. The van der Waals surface area contributed by atoms with Crippen molar-refractivity contribution in [2.75, 3.05) is 11.9 Å². The largest absolute Gasteiger partial charge is 0.493 e. The van der Waals surface area contributed by atoms with Crippen LogP contribution in [-0.2, 0) is 4.79 Å². The van der Waals surface area contributed by atoms with E-state index in [9.17, 15) is 9.18 Å². The molecule has 1 N–H and O–H groups in total. The van der Waals surface area contributed by atoms with E-state index in [-0.39, 0.29) is 5.69 Å².